The molecule has 2 aromatic rings. The van der Waals surface area contributed by atoms with E-state index in [9.17, 15) is 27.9 Å². The van der Waals surface area contributed by atoms with Gasteiger partial charge in [0.05, 0.1) is 17.9 Å². The minimum absolute atomic E-state index is 0.0244. The molecule has 1 aromatic heterocycles. The third-order valence-corrected chi connectivity index (χ3v) is 15.8. The zero-order valence-electron chi connectivity index (χ0n) is 33.2. The number of benzene rings is 1. The molecule has 4 aliphatic carbocycles. The number of hydrogen-bond acceptors (Lipinski definition) is 9. The highest BCUT2D eigenvalue weighted by Gasteiger charge is 2.63. The topological polar surface area (TPSA) is 185 Å². The van der Waals surface area contributed by atoms with Gasteiger partial charge < -0.3 is 24.8 Å². The molecule has 10 atom stereocenters. The lowest BCUT2D eigenvalue weighted by Gasteiger charge is -2.40. The van der Waals surface area contributed by atoms with Crippen LogP contribution in [0.15, 0.2) is 42.6 Å². The summed E-state index contributed by atoms with van der Waals surface area (Å²) in [4.78, 5) is 64.5. The predicted molar refractivity (Wildman–Crippen MR) is 211 cm³/mol. The van der Waals surface area contributed by atoms with Gasteiger partial charge in [0.25, 0.3) is 5.91 Å². The van der Waals surface area contributed by atoms with Gasteiger partial charge in [0.1, 0.15) is 29.5 Å². The van der Waals surface area contributed by atoms with Crippen molar-refractivity contribution >= 4 is 44.6 Å². The van der Waals surface area contributed by atoms with Crippen molar-refractivity contribution in [2.75, 3.05) is 13.2 Å². The van der Waals surface area contributed by atoms with Crippen LogP contribution in [0.4, 0.5) is 4.79 Å². The fourth-order valence-corrected chi connectivity index (χ4v) is 11.1. The first-order chi connectivity index (χ1) is 27.1. The molecule has 3 heterocycles. The molecule has 0 bridgehead atoms. The lowest BCUT2D eigenvalue weighted by Crippen LogP contribution is -2.61. The van der Waals surface area contributed by atoms with Gasteiger partial charge in [0.2, 0.25) is 27.7 Å². The van der Waals surface area contributed by atoms with Crippen molar-refractivity contribution in [3.05, 3.63) is 42.6 Å². The minimum Gasteiger partial charge on any atom is -0.494 e. The van der Waals surface area contributed by atoms with Crippen LogP contribution in [0.1, 0.15) is 91.9 Å². The van der Waals surface area contributed by atoms with Gasteiger partial charge in [-0.3, -0.25) is 24.0 Å². The number of hydrogen-bond donors (Lipinski definition) is 3. The summed E-state index contributed by atoms with van der Waals surface area (Å²) in [5.74, 6) is -0.626. The summed E-state index contributed by atoms with van der Waals surface area (Å²) in [5.41, 5.74) is -1.54. The van der Waals surface area contributed by atoms with Crippen LogP contribution in [-0.4, -0.2) is 99.8 Å². The molecule has 15 heteroatoms. The van der Waals surface area contributed by atoms with E-state index in [4.69, 9.17) is 9.47 Å². The van der Waals surface area contributed by atoms with Crippen molar-refractivity contribution in [2.45, 2.75) is 126 Å². The maximum absolute atomic E-state index is 15.2. The quantitative estimate of drug-likeness (QED) is 0.291. The molecular formula is C42H55N5O9S. The van der Waals surface area contributed by atoms with Gasteiger partial charge in [0.15, 0.2) is 0 Å². The smallest absolute Gasteiger partial charge is 0.408 e. The second kappa shape index (κ2) is 14.8. The molecule has 1 aromatic carbocycles. The highest BCUT2D eigenvalue weighted by molar-refractivity contribution is 7.91. The molecule has 6 aliphatic rings. The van der Waals surface area contributed by atoms with Crippen molar-refractivity contribution in [2.24, 2.45) is 29.6 Å². The fraction of sp³-hybridized carbons (Fsp3) is 0.643. The largest absolute Gasteiger partial charge is 0.494 e. The Morgan fingerprint density at radius 1 is 1.09 bits per heavy atom. The number of carbonyl (C=O) groups excluding carboxylic acids is 3. The number of carbonyl (C=O) groups is 4. The number of carboxylic acid groups (broad SMARTS) is 1. The van der Waals surface area contributed by atoms with Crippen LogP contribution in [0.2, 0.25) is 0 Å². The van der Waals surface area contributed by atoms with Crippen molar-refractivity contribution in [3.63, 3.8) is 0 Å². The first-order valence-corrected chi connectivity index (χ1v) is 22.2. The van der Waals surface area contributed by atoms with E-state index in [1.165, 1.54) is 9.80 Å². The fourth-order valence-electron chi connectivity index (χ4n) is 9.82. The van der Waals surface area contributed by atoms with Crippen LogP contribution in [0, 0.1) is 29.6 Å². The van der Waals surface area contributed by atoms with Crippen LogP contribution in [0.25, 0.3) is 10.8 Å². The van der Waals surface area contributed by atoms with Crippen LogP contribution in [0.3, 0.4) is 0 Å². The van der Waals surface area contributed by atoms with E-state index in [-0.39, 0.29) is 37.3 Å². The summed E-state index contributed by atoms with van der Waals surface area (Å²) >= 11 is 0. The second-order valence-corrected chi connectivity index (χ2v) is 20.1. The van der Waals surface area contributed by atoms with E-state index in [0.717, 1.165) is 18.2 Å². The van der Waals surface area contributed by atoms with Crippen LogP contribution >= 0.6 is 0 Å². The molecule has 2 unspecified atom stereocenters. The van der Waals surface area contributed by atoms with Gasteiger partial charge in [-0.15, -0.1) is 0 Å². The van der Waals surface area contributed by atoms with Crippen molar-refractivity contribution in [1.29, 1.82) is 0 Å². The molecule has 0 radical (unpaired) electrons. The van der Waals surface area contributed by atoms with Gasteiger partial charge in [0, 0.05) is 30.0 Å². The summed E-state index contributed by atoms with van der Waals surface area (Å²) in [6.07, 6.45) is 9.25. The predicted octanol–water partition coefficient (Wildman–Crippen LogP) is 5.01. The molecular weight excluding hydrogens is 751 g/mol. The van der Waals surface area contributed by atoms with Gasteiger partial charge in [-0.1, -0.05) is 26.0 Å². The molecule has 3 N–H and O–H groups in total. The van der Waals surface area contributed by atoms with E-state index < -0.39 is 68.2 Å². The average Bonchev–Trinajstić information content (AvgIpc) is 4.12. The molecule has 8 rings (SSSR count). The monoisotopic (exact) mass is 805 g/mol. The molecule has 1 saturated heterocycles. The molecule has 4 amide bonds. The third-order valence-electron chi connectivity index (χ3n) is 13.6. The first kappa shape index (κ1) is 39.4. The second-order valence-electron chi connectivity index (χ2n) is 17.9. The molecule has 4 saturated carbocycles. The average molecular weight is 806 g/mol. The molecule has 0 spiro atoms. The van der Waals surface area contributed by atoms with Crippen LogP contribution in [0.5, 0.6) is 11.6 Å². The first-order valence-electron chi connectivity index (χ1n) is 20.7. The number of ether oxygens (including phenoxy) is 2. The number of nitrogens with zero attached hydrogens (tertiary/aromatic N) is 3. The zero-order chi connectivity index (χ0) is 40.4. The molecule has 14 nitrogen and oxygen atoms in total. The maximum atomic E-state index is 15.2. The number of rotatable bonds is 9. The Kier molecular flexibility index (Phi) is 10.2. The minimum atomic E-state index is -4.01. The summed E-state index contributed by atoms with van der Waals surface area (Å²) in [7, 11) is -4.01. The number of pyridine rings is 1. The molecule has 5 fully saturated rings. The zero-order valence-corrected chi connectivity index (χ0v) is 34.0. The van der Waals surface area contributed by atoms with Crippen LogP contribution < -0.4 is 19.5 Å². The molecule has 308 valence electrons. The van der Waals surface area contributed by atoms with Crippen molar-refractivity contribution in [3.8, 4) is 11.6 Å². The third kappa shape index (κ3) is 7.56. The Labute approximate surface area is 334 Å². The summed E-state index contributed by atoms with van der Waals surface area (Å²) in [6.45, 7) is 8.01. The lowest BCUT2D eigenvalue weighted by atomic mass is 9.86. The van der Waals surface area contributed by atoms with E-state index >= 15 is 4.79 Å². The Balaban J connectivity index is 1.15. The maximum Gasteiger partial charge on any atom is 0.408 e. The number of sulfonamides is 1. The number of fused-ring (bicyclic) bond motifs is 4. The van der Waals surface area contributed by atoms with Gasteiger partial charge in [-0.05, 0) is 125 Å². The molecule has 2 aliphatic heterocycles. The SMILES string of the molecule is CCOc1ccc2c(O[C@@H]3C[C@H]4C(=O)N[C@]5(C(=O)NS(=O)(=O)C6(C)CC6)C[C@H]5/C=C\CC[C@H](C)C[C@@H](C)[C@H](N(C(=O)O)C5CC6C[C@H]6C5)C(=O)N4C3)nccc2c1. The van der Waals surface area contributed by atoms with Gasteiger partial charge in [-0.2, -0.15) is 0 Å². The summed E-state index contributed by atoms with van der Waals surface area (Å²) in [6, 6.07) is 4.91. The van der Waals surface area contributed by atoms with Gasteiger partial charge in [-0.25, -0.2) is 18.2 Å². The number of nitrogens with one attached hydrogen (secondary N) is 2. The van der Waals surface area contributed by atoms with E-state index in [0.29, 0.717) is 74.0 Å². The van der Waals surface area contributed by atoms with Crippen LogP contribution in [-0.2, 0) is 24.4 Å². The summed E-state index contributed by atoms with van der Waals surface area (Å²) < 4.78 is 40.0. The van der Waals surface area contributed by atoms with E-state index in [1.54, 1.807) is 13.1 Å². The van der Waals surface area contributed by atoms with E-state index in [1.807, 2.05) is 50.3 Å². The lowest BCUT2D eigenvalue weighted by molar-refractivity contribution is -0.145. The standard InChI is InChI=1S/C42H55N5O9S/c1-5-55-31-10-11-33-26(20-31)12-15-43-37(33)56-32-21-34-36(48)44-42(39(50)45-57(53,54)41(4)13-14-41)22-29(42)9-7-6-8-24(2)16-25(3)35(38(49)46(34)23-32)47(40(51)52)30-18-27-17-28(27)19-30/h7,9-12,15,20,24-25,27-30,32,34-35H,5-6,8,13-14,16-19,21-23H2,1-4H3,(H,44,48)(H,45,50)(H,51,52)/b9-7-/t24-,25+,27-,28?,29+,30?,32+,34-,35-,42+/m0/s1. The van der Waals surface area contributed by atoms with E-state index in [2.05, 4.69) is 21.9 Å². The number of allylic oxidation sites excluding steroid dienone is 1. The highest BCUT2D eigenvalue weighted by Crippen LogP contribution is 2.54. The normalized spacial score (nSPS) is 35.0. The summed E-state index contributed by atoms with van der Waals surface area (Å²) in [5, 5.41) is 15.3. The Morgan fingerprint density at radius 2 is 1.84 bits per heavy atom. The Morgan fingerprint density at radius 3 is 2.54 bits per heavy atom. The van der Waals surface area contributed by atoms with Crippen molar-refractivity contribution < 1.29 is 42.2 Å². The Hall–Kier alpha value is -4.40. The van der Waals surface area contributed by atoms with Gasteiger partial charge >= 0.3 is 6.09 Å². The number of aromatic nitrogens is 1. The van der Waals surface area contributed by atoms with Crippen molar-refractivity contribution in [1.82, 2.24) is 24.8 Å². The highest BCUT2D eigenvalue weighted by atomic mass is 32.2. The Bertz CT molecular complexity index is 2080. The molecule has 57 heavy (non-hydrogen) atoms. The number of amides is 4.